The molecule has 5 heteroatoms. The largest absolute Gasteiger partial charge is 0.397 e. The maximum atomic E-state index is 10.5. The van der Waals surface area contributed by atoms with Crippen molar-refractivity contribution in [2.45, 2.75) is 34.2 Å². The summed E-state index contributed by atoms with van der Waals surface area (Å²) < 4.78 is 1.13. The van der Waals surface area contributed by atoms with Gasteiger partial charge in [-0.3, -0.25) is 4.79 Å². The van der Waals surface area contributed by atoms with Crippen LogP contribution in [0, 0.1) is 0 Å². The average molecular weight is 360 g/mol. The molecule has 2 aromatic carbocycles. The maximum Gasteiger partial charge on any atom is 0.160 e. The van der Waals surface area contributed by atoms with Gasteiger partial charge in [0.25, 0.3) is 0 Å². The van der Waals surface area contributed by atoms with Crippen LogP contribution in [0.25, 0.3) is 10.1 Å². The standard InChI is InChI=1S/C10H9NOS.C6H8N2.2C2H6/c11-5-7-1-2-8-4-9(6-12)13-10(8)3-7;7-5-3-1-2-4-6(5)8;2*1-2/h1-4,6H,5,11H2;1-4H,7-8H2;2*1-2H3. The molecule has 3 aromatic rings. The molecule has 0 unspecified atom stereocenters. The number of nitrogens with two attached hydrogens (primary N) is 3. The van der Waals surface area contributed by atoms with Crippen molar-refractivity contribution in [3.63, 3.8) is 0 Å². The van der Waals surface area contributed by atoms with Gasteiger partial charge < -0.3 is 17.2 Å². The van der Waals surface area contributed by atoms with Gasteiger partial charge in [0.15, 0.2) is 6.29 Å². The first kappa shape index (κ1) is 22.6. The van der Waals surface area contributed by atoms with Crippen LogP contribution in [0.1, 0.15) is 42.9 Å². The number of thiophene rings is 1. The first-order chi connectivity index (χ1) is 12.1. The Labute approximate surface area is 154 Å². The highest BCUT2D eigenvalue weighted by molar-refractivity contribution is 7.20. The maximum absolute atomic E-state index is 10.5. The molecule has 0 bridgehead atoms. The molecule has 0 aliphatic carbocycles. The molecule has 25 heavy (non-hydrogen) atoms. The monoisotopic (exact) mass is 359 g/mol. The Morgan fingerprint density at radius 1 is 0.920 bits per heavy atom. The summed E-state index contributed by atoms with van der Waals surface area (Å²) in [6, 6.07) is 15.2. The molecule has 0 atom stereocenters. The normalized spacial score (nSPS) is 8.84. The van der Waals surface area contributed by atoms with Gasteiger partial charge >= 0.3 is 0 Å². The van der Waals surface area contributed by atoms with E-state index in [0.717, 1.165) is 26.8 Å². The summed E-state index contributed by atoms with van der Waals surface area (Å²) in [4.78, 5) is 11.3. The Morgan fingerprint density at radius 3 is 1.92 bits per heavy atom. The van der Waals surface area contributed by atoms with E-state index in [0.29, 0.717) is 17.9 Å². The molecule has 3 rings (SSSR count). The fraction of sp³-hybridized carbons (Fsp3) is 0.250. The van der Waals surface area contributed by atoms with Gasteiger partial charge in [0.05, 0.1) is 16.3 Å². The Bertz CT molecular complexity index is 733. The molecule has 0 fully saturated rings. The molecular weight excluding hydrogens is 330 g/mol. The smallest absolute Gasteiger partial charge is 0.160 e. The van der Waals surface area contributed by atoms with Crippen LogP contribution in [0.3, 0.4) is 0 Å². The van der Waals surface area contributed by atoms with Gasteiger partial charge in [0, 0.05) is 11.2 Å². The number of anilines is 2. The molecule has 0 aliphatic rings. The molecule has 0 radical (unpaired) electrons. The minimum atomic E-state index is 0.546. The third-order valence-electron chi connectivity index (χ3n) is 2.95. The van der Waals surface area contributed by atoms with Gasteiger partial charge in [-0.2, -0.15) is 0 Å². The van der Waals surface area contributed by atoms with Crippen molar-refractivity contribution < 1.29 is 4.79 Å². The molecular formula is C20H29N3OS. The summed E-state index contributed by atoms with van der Waals surface area (Å²) in [5.74, 6) is 0. The van der Waals surface area contributed by atoms with E-state index in [2.05, 4.69) is 0 Å². The van der Waals surface area contributed by atoms with Crippen molar-refractivity contribution >= 4 is 39.1 Å². The van der Waals surface area contributed by atoms with Gasteiger partial charge in [-0.25, -0.2) is 0 Å². The van der Waals surface area contributed by atoms with Crippen LogP contribution >= 0.6 is 11.3 Å². The van der Waals surface area contributed by atoms with Gasteiger partial charge in [0.1, 0.15) is 0 Å². The Kier molecular flexibility index (Phi) is 11.8. The number of rotatable bonds is 2. The van der Waals surface area contributed by atoms with E-state index in [1.807, 2.05) is 64.1 Å². The first-order valence-electron chi connectivity index (χ1n) is 8.41. The molecule has 0 spiro atoms. The van der Waals surface area contributed by atoms with Crippen molar-refractivity contribution in [3.05, 3.63) is 59.0 Å². The second-order valence-corrected chi connectivity index (χ2v) is 5.59. The third kappa shape index (κ3) is 7.37. The molecule has 0 saturated heterocycles. The number of aldehydes is 1. The zero-order chi connectivity index (χ0) is 19.2. The lowest BCUT2D eigenvalue weighted by atomic mass is 10.2. The van der Waals surface area contributed by atoms with Crippen molar-refractivity contribution in [2.24, 2.45) is 5.73 Å². The van der Waals surface area contributed by atoms with Crippen LogP contribution in [0.2, 0.25) is 0 Å². The summed E-state index contributed by atoms with van der Waals surface area (Å²) in [7, 11) is 0. The van der Waals surface area contributed by atoms with Crippen LogP contribution in [0.5, 0.6) is 0 Å². The summed E-state index contributed by atoms with van der Waals surface area (Å²) in [5, 5.41) is 1.12. The van der Waals surface area contributed by atoms with Crippen LogP contribution < -0.4 is 17.2 Å². The Balaban J connectivity index is 0.000000414. The van der Waals surface area contributed by atoms with E-state index in [1.165, 1.54) is 11.3 Å². The van der Waals surface area contributed by atoms with Gasteiger partial charge in [-0.1, -0.05) is 52.0 Å². The van der Waals surface area contributed by atoms with E-state index >= 15 is 0 Å². The Morgan fingerprint density at radius 2 is 1.48 bits per heavy atom. The number of nitrogen functional groups attached to an aromatic ring is 2. The molecule has 136 valence electrons. The second kappa shape index (κ2) is 13.0. The number of hydrogen-bond acceptors (Lipinski definition) is 5. The van der Waals surface area contributed by atoms with E-state index in [9.17, 15) is 4.79 Å². The fourth-order valence-electron chi connectivity index (χ4n) is 1.79. The number of fused-ring (bicyclic) bond motifs is 1. The molecule has 6 N–H and O–H groups in total. The highest BCUT2D eigenvalue weighted by atomic mass is 32.1. The molecule has 0 amide bonds. The van der Waals surface area contributed by atoms with Crippen LogP contribution in [0.4, 0.5) is 11.4 Å². The molecule has 4 nitrogen and oxygen atoms in total. The minimum absolute atomic E-state index is 0.546. The van der Waals surface area contributed by atoms with Crippen LogP contribution in [0.15, 0.2) is 48.5 Å². The van der Waals surface area contributed by atoms with Crippen molar-refractivity contribution in [1.82, 2.24) is 0 Å². The van der Waals surface area contributed by atoms with Gasteiger partial charge in [-0.15, -0.1) is 11.3 Å². The summed E-state index contributed by atoms with van der Waals surface area (Å²) in [6.07, 6.45) is 0.882. The van der Waals surface area contributed by atoms with E-state index in [1.54, 1.807) is 12.1 Å². The second-order valence-electron chi connectivity index (χ2n) is 4.47. The van der Waals surface area contributed by atoms with E-state index in [-0.39, 0.29) is 0 Å². The lowest BCUT2D eigenvalue weighted by Crippen LogP contribution is -1.94. The summed E-state index contributed by atoms with van der Waals surface area (Å²) in [5.41, 5.74) is 18.7. The number of para-hydroxylation sites is 2. The first-order valence-corrected chi connectivity index (χ1v) is 9.23. The van der Waals surface area contributed by atoms with Crippen LogP contribution in [-0.4, -0.2) is 6.29 Å². The van der Waals surface area contributed by atoms with Gasteiger partial charge in [0.2, 0.25) is 0 Å². The fourth-order valence-corrected chi connectivity index (χ4v) is 2.74. The number of carbonyl (C=O) groups is 1. The molecule has 1 heterocycles. The third-order valence-corrected chi connectivity index (χ3v) is 3.97. The highest BCUT2D eigenvalue weighted by Gasteiger charge is 2.00. The molecule has 0 saturated carbocycles. The number of hydrogen-bond donors (Lipinski definition) is 3. The molecule has 1 aromatic heterocycles. The summed E-state index contributed by atoms with van der Waals surface area (Å²) in [6.45, 7) is 8.55. The zero-order valence-electron chi connectivity index (χ0n) is 15.5. The van der Waals surface area contributed by atoms with Crippen molar-refractivity contribution in [2.75, 3.05) is 11.5 Å². The van der Waals surface area contributed by atoms with Gasteiger partial charge in [-0.05, 0) is 35.2 Å². The Hall–Kier alpha value is -2.37. The number of carbonyl (C=O) groups excluding carboxylic acids is 1. The number of benzene rings is 2. The van der Waals surface area contributed by atoms with E-state index < -0.39 is 0 Å². The van der Waals surface area contributed by atoms with E-state index in [4.69, 9.17) is 17.2 Å². The zero-order valence-corrected chi connectivity index (χ0v) is 16.3. The quantitative estimate of drug-likeness (QED) is 0.439. The van der Waals surface area contributed by atoms with Crippen molar-refractivity contribution in [1.29, 1.82) is 0 Å². The lowest BCUT2D eigenvalue weighted by molar-refractivity contribution is 0.112. The predicted octanol–water partition coefficient (Wildman–Crippen LogP) is 5.08. The SMILES string of the molecule is CC.CC.NCc1ccc2cc(C=O)sc2c1.Nc1ccccc1N. The highest BCUT2D eigenvalue weighted by Crippen LogP contribution is 2.25. The predicted molar refractivity (Wildman–Crippen MR) is 113 cm³/mol. The minimum Gasteiger partial charge on any atom is -0.397 e. The lowest BCUT2D eigenvalue weighted by Gasteiger charge is -1.94. The topological polar surface area (TPSA) is 95.1 Å². The molecule has 0 aliphatic heterocycles. The van der Waals surface area contributed by atoms with Crippen molar-refractivity contribution in [3.8, 4) is 0 Å². The van der Waals surface area contributed by atoms with Crippen LogP contribution in [-0.2, 0) is 6.54 Å². The average Bonchev–Trinajstić information content (AvgIpc) is 3.10. The summed E-state index contributed by atoms with van der Waals surface area (Å²) >= 11 is 1.50.